The lowest BCUT2D eigenvalue weighted by molar-refractivity contribution is 0.172. The fraction of sp³-hybridized carbons (Fsp3) is 0.478. The Bertz CT molecular complexity index is 569. The minimum atomic E-state index is 0.115. The molecule has 0 aliphatic rings. The molecular weight excluding hydrogens is 318 g/mol. The predicted molar refractivity (Wildman–Crippen MR) is 112 cm³/mol. The average Bonchev–Trinajstić information content (AvgIpc) is 2.54. The highest BCUT2D eigenvalue weighted by atomic mass is 15.2. The standard InChI is InChI=1S/C23H35N3/c1-23(2,3)18-26(16-21(24)14-19-10-6-4-7-11-19)17-22(25)15-20-12-8-5-9-13-20/h4-13,21-22H,14-18,24-25H2,1-3H3. The molecular formula is C23H35N3. The van der Waals surface area contributed by atoms with Crippen molar-refractivity contribution in [2.45, 2.75) is 45.7 Å². The Morgan fingerprint density at radius 3 is 1.46 bits per heavy atom. The second-order valence-electron chi connectivity index (χ2n) is 8.65. The van der Waals surface area contributed by atoms with Gasteiger partial charge in [-0.15, -0.1) is 0 Å². The molecule has 2 unspecified atom stereocenters. The lowest BCUT2D eigenvalue weighted by Gasteiger charge is -2.33. The Labute approximate surface area is 159 Å². The van der Waals surface area contributed by atoms with Crippen molar-refractivity contribution in [3.8, 4) is 0 Å². The molecule has 0 bridgehead atoms. The lowest BCUT2D eigenvalue weighted by Crippen LogP contribution is -2.47. The van der Waals surface area contributed by atoms with Gasteiger partial charge in [0, 0.05) is 31.7 Å². The molecule has 3 nitrogen and oxygen atoms in total. The van der Waals surface area contributed by atoms with Gasteiger partial charge in [-0.1, -0.05) is 81.4 Å². The van der Waals surface area contributed by atoms with Gasteiger partial charge >= 0.3 is 0 Å². The summed E-state index contributed by atoms with van der Waals surface area (Å²) in [7, 11) is 0. The molecule has 0 aromatic heterocycles. The van der Waals surface area contributed by atoms with Crippen molar-refractivity contribution < 1.29 is 0 Å². The summed E-state index contributed by atoms with van der Waals surface area (Å²) in [6.07, 6.45) is 1.80. The first-order valence-electron chi connectivity index (χ1n) is 9.63. The van der Waals surface area contributed by atoms with Crippen molar-refractivity contribution in [1.29, 1.82) is 0 Å². The van der Waals surface area contributed by atoms with Gasteiger partial charge in [-0.3, -0.25) is 4.90 Å². The molecule has 2 aromatic carbocycles. The summed E-state index contributed by atoms with van der Waals surface area (Å²) >= 11 is 0. The highest BCUT2D eigenvalue weighted by Crippen LogP contribution is 2.16. The Balaban J connectivity index is 1.93. The molecule has 0 radical (unpaired) electrons. The van der Waals surface area contributed by atoms with E-state index in [0.29, 0.717) is 0 Å². The summed E-state index contributed by atoms with van der Waals surface area (Å²) in [5.74, 6) is 0. The maximum absolute atomic E-state index is 6.47. The SMILES string of the molecule is CC(C)(C)CN(CC(N)Cc1ccccc1)CC(N)Cc1ccccc1. The van der Waals surface area contributed by atoms with Gasteiger partial charge in [-0.25, -0.2) is 0 Å². The lowest BCUT2D eigenvalue weighted by atomic mass is 9.94. The molecule has 0 saturated heterocycles. The molecule has 26 heavy (non-hydrogen) atoms. The molecule has 2 aromatic rings. The van der Waals surface area contributed by atoms with Gasteiger partial charge in [0.05, 0.1) is 0 Å². The number of hydrogen-bond acceptors (Lipinski definition) is 3. The topological polar surface area (TPSA) is 55.3 Å². The summed E-state index contributed by atoms with van der Waals surface area (Å²) < 4.78 is 0. The molecule has 142 valence electrons. The van der Waals surface area contributed by atoms with E-state index in [1.807, 2.05) is 12.1 Å². The third kappa shape index (κ3) is 8.13. The normalized spacial score (nSPS) is 14.4. The highest BCUT2D eigenvalue weighted by Gasteiger charge is 2.21. The number of nitrogens with zero attached hydrogens (tertiary/aromatic N) is 1. The van der Waals surface area contributed by atoms with Crippen molar-refractivity contribution in [2.24, 2.45) is 16.9 Å². The van der Waals surface area contributed by atoms with Crippen LogP contribution in [0.4, 0.5) is 0 Å². The van der Waals surface area contributed by atoms with Crippen molar-refractivity contribution in [3.05, 3.63) is 71.8 Å². The third-order valence-electron chi connectivity index (χ3n) is 4.36. The minimum Gasteiger partial charge on any atom is -0.326 e. The molecule has 2 atom stereocenters. The van der Waals surface area contributed by atoms with Gasteiger partial charge in [0.1, 0.15) is 0 Å². The van der Waals surface area contributed by atoms with Crippen LogP contribution in [0.1, 0.15) is 31.9 Å². The van der Waals surface area contributed by atoms with Crippen LogP contribution in [0, 0.1) is 5.41 Å². The summed E-state index contributed by atoms with van der Waals surface area (Å²) in [6.45, 7) is 9.55. The quantitative estimate of drug-likeness (QED) is 0.726. The highest BCUT2D eigenvalue weighted by molar-refractivity contribution is 5.17. The molecule has 3 heteroatoms. The molecule has 4 N–H and O–H groups in total. The van der Waals surface area contributed by atoms with Crippen LogP contribution >= 0.6 is 0 Å². The van der Waals surface area contributed by atoms with Gasteiger partial charge in [-0.2, -0.15) is 0 Å². The van der Waals surface area contributed by atoms with Crippen LogP contribution in [-0.4, -0.2) is 36.6 Å². The zero-order valence-corrected chi connectivity index (χ0v) is 16.6. The monoisotopic (exact) mass is 353 g/mol. The largest absolute Gasteiger partial charge is 0.326 e. The number of rotatable bonds is 9. The van der Waals surface area contributed by atoms with Gasteiger partial charge in [0.25, 0.3) is 0 Å². The summed E-state index contributed by atoms with van der Waals surface area (Å²) in [4.78, 5) is 2.45. The molecule has 0 fully saturated rings. The Morgan fingerprint density at radius 1 is 0.731 bits per heavy atom. The number of benzene rings is 2. The van der Waals surface area contributed by atoms with Crippen molar-refractivity contribution in [3.63, 3.8) is 0 Å². The van der Waals surface area contributed by atoms with E-state index in [2.05, 4.69) is 74.2 Å². The van der Waals surface area contributed by atoms with Crippen molar-refractivity contribution in [1.82, 2.24) is 4.90 Å². The van der Waals surface area contributed by atoms with Gasteiger partial charge in [0.15, 0.2) is 0 Å². The van der Waals surface area contributed by atoms with E-state index in [1.54, 1.807) is 0 Å². The molecule has 0 aliphatic carbocycles. The van der Waals surface area contributed by atoms with Crippen LogP contribution in [-0.2, 0) is 12.8 Å². The summed E-state index contributed by atoms with van der Waals surface area (Å²) in [6, 6.07) is 21.2. The van der Waals surface area contributed by atoms with Crippen LogP contribution in [0.3, 0.4) is 0 Å². The fourth-order valence-corrected chi connectivity index (χ4v) is 3.50. The fourth-order valence-electron chi connectivity index (χ4n) is 3.50. The minimum absolute atomic E-state index is 0.115. The first-order valence-corrected chi connectivity index (χ1v) is 9.63. The third-order valence-corrected chi connectivity index (χ3v) is 4.36. The van der Waals surface area contributed by atoms with E-state index < -0.39 is 0 Å². The molecule has 0 amide bonds. The van der Waals surface area contributed by atoms with E-state index >= 15 is 0 Å². The summed E-state index contributed by atoms with van der Waals surface area (Å²) in [5.41, 5.74) is 15.8. The predicted octanol–water partition coefficient (Wildman–Crippen LogP) is 3.47. The Kier molecular flexibility index (Phi) is 7.83. The molecule has 0 aliphatic heterocycles. The van der Waals surface area contributed by atoms with Crippen LogP contribution in [0.5, 0.6) is 0 Å². The second-order valence-corrected chi connectivity index (χ2v) is 8.65. The van der Waals surface area contributed by atoms with Crippen molar-refractivity contribution in [2.75, 3.05) is 19.6 Å². The van der Waals surface area contributed by atoms with Gasteiger partial charge in [0.2, 0.25) is 0 Å². The molecule has 0 heterocycles. The van der Waals surface area contributed by atoms with E-state index in [-0.39, 0.29) is 17.5 Å². The van der Waals surface area contributed by atoms with E-state index in [4.69, 9.17) is 11.5 Å². The molecule has 2 rings (SSSR count). The maximum atomic E-state index is 6.47. The molecule has 0 saturated carbocycles. The van der Waals surface area contributed by atoms with Gasteiger partial charge in [-0.05, 0) is 29.4 Å². The van der Waals surface area contributed by atoms with Crippen LogP contribution < -0.4 is 11.5 Å². The Morgan fingerprint density at radius 2 is 1.12 bits per heavy atom. The van der Waals surface area contributed by atoms with E-state index in [9.17, 15) is 0 Å². The first-order chi connectivity index (χ1) is 12.3. The average molecular weight is 354 g/mol. The van der Waals surface area contributed by atoms with Crippen LogP contribution in [0.25, 0.3) is 0 Å². The Hall–Kier alpha value is -1.68. The zero-order chi connectivity index (χ0) is 19.0. The smallest absolute Gasteiger partial charge is 0.0208 e. The van der Waals surface area contributed by atoms with Crippen molar-refractivity contribution >= 4 is 0 Å². The zero-order valence-electron chi connectivity index (χ0n) is 16.6. The number of hydrogen-bond donors (Lipinski definition) is 2. The van der Waals surface area contributed by atoms with E-state index in [1.165, 1.54) is 11.1 Å². The van der Waals surface area contributed by atoms with Crippen LogP contribution in [0.2, 0.25) is 0 Å². The second kappa shape index (κ2) is 9.86. The number of nitrogens with two attached hydrogens (primary N) is 2. The van der Waals surface area contributed by atoms with Crippen LogP contribution in [0.15, 0.2) is 60.7 Å². The summed E-state index contributed by atoms with van der Waals surface area (Å²) in [5, 5.41) is 0. The molecule has 0 spiro atoms. The maximum Gasteiger partial charge on any atom is 0.0208 e. The first kappa shape index (κ1) is 20.6. The van der Waals surface area contributed by atoms with E-state index in [0.717, 1.165) is 32.5 Å². The van der Waals surface area contributed by atoms with Gasteiger partial charge < -0.3 is 11.5 Å².